The third-order valence-corrected chi connectivity index (χ3v) is 5.74. The Morgan fingerprint density at radius 2 is 1.81 bits per heavy atom. The number of anilines is 1. The van der Waals surface area contributed by atoms with E-state index < -0.39 is 11.9 Å². The maximum Gasteiger partial charge on any atom is 0.252 e. The molecule has 32 heavy (non-hydrogen) atoms. The van der Waals surface area contributed by atoms with Gasteiger partial charge in [-0.2, -0.15) is 0 Å². The van der Waals surface area contributed by atoms with Crippen LogP contribution < -0.4 is 5.32 Å². The average molecular weight is 452 g/mol. The fourth-order valence-corrected chi connectivity index (χ4v) is 4.03. The molecule has 1 fully saturated rings. The second-order valence-corrected chi connectivity index (χ2v) is 7.86. The summed E-state index contributed by atoms with van der Waals surface area (Å²) in [5.74, 6) is -0.314. The van der Waals surface area contributed by atoms with Crippen LogP contribution in [0.4, 0.5) is 10.1 Å². The first-order valence-corrected chi connectivity index (χ1v) is 10.7. The number of amides is 2. The Labute approximate surface area is 190 Å². The van der Waals surface area contributed by atoms with E-state index in [1.807, 2.05) is 30.3 Å². The summed E-state index contributed by atoms with van der Waals surface area (Å²) in [6, 6.07) is 18.1. The molecule has 164 valence electrons. The quantitative estimate of drug-likeness (QED) is 0.525. The van der Waals surface area contributed by atoms with Crippen molar-refractivity contribution in [3.63, 3.8) is 0 Å². The lowest BCUT2D eigenvalue weighted by atomic mass is 10.1. The molecule has 1 aromatic heterocycles. The van der Waals surface area contributed by atoms with E-state index in [1.165, 1.54) is 24.3 Å². The Kier molecular flexibility index (Phi) is 6.61. The van der Waals surface area contributed by atoms with E-state index in [4.69, 9.17) is 16.6 Å². The van der Waals surface area contributed by atoms with E-state index in [9.17, 15) is 14.0 Å². The number of carbonyl (C=O) groups is 2. The van der Waals surface area contributed by atoms with Crippen molar-refractivity contribution in [2.45, 2.75) is 25.4 Å². The Bertz CT molecular complexity index is 1090. The molecule has 3 aromatic rings. The van der Waals surface area contributed by atoms with Crippen molar-refractivity contribution in [2.24, 2.45) is 0 Å². The molecule has 1 atom stereocenters. The van der Waals surface area contributed by atoms with Crippen LogP contribution in [0.2, 0.25) is 0 Å². The average Bonchev–Trinajstić information content (AvgIpc) is 3.38. The normalized spacial score (nSPS) is 16.0. The lowest BCUT2D eigenvalue weighted by molar-refractivity contribution is -0.130. The van der Waals surface area contributed by atoms with Crippen LogP contribution in [0.15, 0.2) is 77.4 Å². The van der Waals surface area contributed by atoms with E-state index in [-0.39, 0.29) is 24.8 Å². The van der Waals surface area contributed by atoms with Gasteiger partial charge in [0.15, 0.2) is 5.11 Å². The summed E-state index contributed by atoms with van der Waals surface area (Å²) in [6.45, 7) is 0.709. The minimum atomic E-state index is -0.746. The molecular formula is C24H22FN3O3S. The van der Waals surface area contributed by atoms with Crippen molar-refractivity contribution in [1.29, 1.82) is 0 Å². The first-order valence-electron chi connectivity index (χ1n) is 10.2. The molecule has 6 nitrogen and oxygen atoms in total. The number of nitrogens with one attached hydrogen (secondary N) is 1. The smallest absolute Gasteiger partial charge is 0.252 e. The maximum atomic E-state index is 13.2. The summed E-state index contributed by atoms with van der Waals surface area (Å²) >= 11 is 5.62. The largest absolute Gasteiger partial charge is 0.467 e. The molecule has 1 saturated heterocycles. The molecule has 0 radical (unpaired) electrons. The fourth-order valence-electron chi connectivity index (χ4n) is 3.65. The zero-order valence-electron chi connectivity index (χ0n) is 17.2. The highest BCUT2D eigenvalue weighted by Gasteiger charge is 2.43. The number of hydrogen-bond donors (Lipinski definition) is 1. The lowest BCUT2D eigenvalue weighted by Gasteiger charge is -2.22. The molecule has 1 aliphatic heterocycles. The molecule has 2 amide bonds. The molecule has 0 aliphatic carbocycles. The summed E-state index contributed by atoms with van der Waals surface area (Å²) < 4.78 is 18.6. The first kappa shape index (κ1) is 21.7. The Balaban J connectivity index is 1.48. The van der Waals surface area contributed by atoms with Gasteiger partial charge in [-0.1, -0.05) is 30.3 Å². The van der Waals surface area contributed by atoms with E-state index in [2.05, 4.69) is 5.32 Å². The van der Waals surface area contributed by atoms with Gasteiger partial charge in [0.05, 0.1) is 19.2 Å². The van der Waals surface area contributed by atoms with E-state index in [1.54, 1.807) is 28.2 Å². The number of nitrogens with zero attached hydrogens (tertiary/aromatic N) is 2. The number of carbonyl (C=O) groups excluding carboxylic acids is 2. The van der Waals surface area contributed by atoms with Crippen molar-refractivity contribution in [3.8, 4) is 0 Å². The van der Waals surface area contributed by atoms with Crippen LogP contribution in [0.25, 0.3) is 0 Å². The standard InChI is InChI=1S/C24H22FN3O3S/c25-18-8-10-19(11-9-18)26-22(29)15-21-23(30)27(13-12-17-5-2-1-3-6-17)24(32)28(21)16-20-7-4-14-31-20/h1-11,14,21H,12-13,15-16H2,(H,26,29)/t21-/m0/s1. The predicted molar refractivity (Wildman–Crippen MR) is 122 cm³/mol. The molecule has 0 spiro atoms. The lowest BCUT2D eigenvalue weighted by Crippen LogP contribution is -2.37. The molecular weight excluding hydrogens is 429 g/mol. The minimum absolute atomic E-state index is 0.0844. The molecule has 0 unspecified atom stereocenters. The van der Waals surface area contributed by atoms with Gasteiger partial charge in [-0.25, -0.2) is 4.39 Å². The van der Waals surface area contributed by atoms with Crippen molar-refractivity contribution in [1.82, 2.24) is 9.80 Å². The molecule has 4 rings (SSSR count). The number of hydrogen-bond acceptors (Lipinski definition) is 4. The first-order chi connectivity index (χ1) is 15.5. The van der Waals surface area contributed by atoms with Crippen LogP contribution in [-0.2, 0) is 22.6 Å². The molecule has 2 aromatic carbocycles. The maximum absolute atomic E-state index is 13.2. The molecule has 8 heteroatoms. The number of thiocarbonyl (C=S) groups is 1. The van der Waals surface area contributed by atoms with Gasteiger partial charge in [-0.3, -0.25) is 14.5 Å². The number of furan rings is 1. The third-order valence-electron chi connectivity index (χ3n) is 5.28. The summed E-state index contributed by atoms with van der Waals surface area (Å²) in [5.41, 5.74) is 1.56. The van der Waals surface area contributed by atoms with Gasteiger partial charge in [0.1, 0.15) is 17.6 Å². The predicted octanol–water partition coefficient (Wildman–Crippen LogP) is 3.99. The van der Waals surface area contributed by atoms with Crippen molar-refractivity contribution in [3.05, 3.63) is 90.1 Å². The highest BCUT2D eigenvalue weighted by Crippen LogP contribution is 2.24. The van der Waals surface area contributed by atoms with E-state index >= 15 is 0 Å². The van der Waals surface area contributed by atoms with Gasteiger partial charge >= 0.3 is 0 Å². The van der Waals surface area contributed by atoms with Gasteiger partial charge in [0.25, 0.3) is 5.91 Å². The molecule has 1 aliphatic rings. The van der Waals surface area contributed by atoms with Crippen LogP contribution in [-0.4, -0.2) is 39.3 Å². The second kappa shape index (κ2) is 9.74. The van der Waals surface area contributed by atoms with Crippen molar-refractivity contribution < 1.29 is 18.4 Å². The van der Waals surface area contributed by atoms with Gasteiger partial charge in [-0.05, 0) is 60.6 Å². The monoisotopic (exact) mass is 451 g/mol. The van der Waals surface area contributed by atoms with Gasteiger partial charge in [-0.15, -0.1) is 0 Å². The van der Waals surface area contributed by atoms with Gasteiger partial charge in [0.2, 0.25) is 5.91 Å². The Hall–Kier alpha value is -3.52. The number of benzene rings is 2. The molecule has 0 saturated carbocycles. The van der Waals surface area contributed by atoms with Crippen LogP contribution in [0.3, 0.4) is 0 Å². The molecule has 1 N–H and O–H groups in total. The number of halogens is 1. The minimum Gasteiger partial charge on any atom is -0.467 e. The summed E-state index contributed by atoms with van der Waals surface area (Å²) in [5, 5.41) is 3.09. The Morgan fingerprint density at radius 1 is 1.06 bits per heavy atom. The third kappa shape index (κ3) is 5.03. The highest BCUT2D eigenvalue weighted by molar-refractivity contribution is 7.80. The molecule has 0 bridgehead atoms. The van der Waals surface area contributed by atoms with Crippen molar-refractivity contribution >= 4 is 34.8 Å². The van der Waals surface area contributed by atoms with Crippen LogP contribution in [0.1, 0.15) is 17.7 Å². The Morgan fingerprint density at radius 3 is 2.50 bits per heavy atom. The van der Waals surface area contributed by atoms with Crippen LogP contribution in [0.5, 0.6) is 0 Å². The van der Waals surface area contributed by atoms with Crippen LogP contribution in [0, 0.1) is 5.82 Å². The van der Waals surface area contributed by atoms with Gasteiger partial charge in [0, 0.05) is 12.2 Å². The topological polar surface area (TPSA) is 65.8 Å². The van der Waals surface area contributed by atoms with Crippen molar-refractivity contribution in [2.75, 3.05) is 11.9 Å². The van der Waals surface area contributed by atoms with Crippen LogP contribution >= 0.6 is 12.2 Å². The number of rotatable bonds is 8. The fraction of sp³-hybridized carbons (Fsp3) is 0.208. The van der Waals surface area contributed by atoms with E-state index in [0.717, 1.165) is 5.56 Å². The summed E-state index contributed by atoms with van der Waals surface area (Å²) in [6.07, 6.45) is 2.12. The summed E-state index contributed by atoms with van der Waals surface area (Å²) in [4.78, 5) is 29.2. The highest BCUT2D eigenvalue weighted by atomic mass is 32.1. The second-order valence-electron chi connectivity index (χ2n) is 7.49. The van der Waals surface area contributed by atoms with Gasteiger partial charge < -0.3 is 14.6 Å². The zero-order chi connectivity index (χ0) is 22.5. The van der Waals surface area contributed by atoms with E-state index in [0.29, 0.717) is 29.5 Å². The SMILES string of the molecule is O=C(C[C@H]1C(=O)N(CCc2ccccc2)C(=S)N1Cc1ccco1)Nc1ccc(F)cc1. The summed E-state index contributed by atoms with van der Waals surface area (Å²) in [7, 11) is 0. The molecule has 2 heterocycles. The zero-order valence-corrected chi connectivity index (χ0v) is 18.1.